The van der Waals surface area contributed by atoms with Crippen LogP contribution >= 0.6 is 0 Å². The van der Waals surface area contributed by atoms with Crippen LogP contribution in [0.1, 0.15) is 63.2 Å². The van der Waals surface area contributed by atoms with E-state index in [0.29, 0.717) is 0 Å². The standard InChI is InChI=1S/C20H24F5NO7Si/c1-4-14(27)31-34(32-15(28)5-2,33-16(29)6-3)10-8-7-9-26(25)20(30)12-11-13(21)18(23)19(24)17(12)22/h11H,4-10H2,1-3H3. The molecule has 1 amide bonds. The van der Waals surface area contributed by atoms with Gasteiger partial charge in [0.2, 0.25) is 0 Å². The first kappa shape index (κ1) is 29.0. The minimum Gasteiger partial charge on any atom is -0.455 e. The van der Waals surface area contributed by atoms with Crippen LogP contribution in [0.4, 0.5) is 22.0 Å². The van der Waals surface area contributed by atoms with Gasteiger partial charge in [0.05, 0.1) is 18.2 Å². The summed E-state index contributed by atoms with van der Waals surface area (Å²) in [4.78, 5) is 47.6. The molecule has 1 aromatic rings. The van der Waals surface area contributed by atoms with Gasteiger partial charge >= 0.3 is 8.80 Å². The molecule has 0 saturated carbocycles. The van der Waals surface area contributed by atoms with Crippen molar-refractivity contribution in [2.45, 2.75) is 58.9 Å². The SMILES string of the molecule is CCC(=O)O[Si](CCCCN(F)C(=O)c1cc(F)c(F)c(F)c1F)(OC(=O)CC)OC(=O)CC. The molecule has 0 saturated heterocycles. The summed E-state index contributed by atoms with van der Waals surface area (Å²) in [6.07, 6.45) is -0.664. The van der Waals surface area contributed by atoms with Crippen LogP contribution in [0.5, 0.6) is 0 Å². The van der Waals surface area contributed by atoms with Crippen LogP contribution < -0.4 is 0 Å². The predicted molar refractivity (Wildman–Crippen MR) is 107 cm³/mol. The first-order chi connectivity index (χ1) is 15.9. The van der Waals surface area contributed by atoms with Crippen molar-refractivity contribution in [2.24, 2.45) is 0 Å². The van der Waals surface area contributed by atoms with E-state index in [1.54, 1.807) is 0 Å². The fourth-order valence-corrected chi connectivity index (χ4v) is 5.09. The highest BCUT2D eigenvalue weighted by Crippen LogP contribution is 2.23. The van der Waals surface area contributed by atoms with Crippen LogP contribution in [0, 0.1) is 23.3 Å². The lowest BCUT2D eigenvalue weighted by molar-refractivity contribution is -0.150. The van der Waals surface area contributed by atoms with E-state index in [1.165, 1.54) is 20.8 Å². The lowest BCUT2D eigenvalue weighted by atomic mass is 10.1. The van der Waals surface area contributed by atoms with E-state index in [9.17, 15) is 41.2 Å². The zero-order chi connectivity index (χ0) is 26.1. The molecule has 14 heteroatoms. The number of rotatable bonds is 12. The molecule has 0 N–H and O–H groups in total. The van der Waals surface area contributed by atoms with Gasteiger partial charge in [-0.3, -0.25) is 19.2 Å². The maximum absolute atomic E-state index is 14.2. The molecule has 0 bridgehead atoms. The molecule has 0 unspecified atom stereocenters. The quantitative estimate of drug-likeness (QED) is 0.103. The highest BCUT2D eigenvalue weighted by molar-refractivity contribution is 6.65. The molecule has 0 aliphatic heterocycles. The van der Waals surface area contributed by atoms with Gasteiger partial charge in [0.25, 0.3) is 23.8 Å². The smallest absolute Gasteiger partial charge is 0.455 e. The normalized spacial score (nSPS) is 11.1. The number of benzene rings is 1. The third-order valence-electron chi connectivity index (χ3n) is 4.31. The molecular weight excluding hydrogens is 489 g/mol. The van der Waals surface area contributed by atoms with Crippen LogP contribution in [0.3, 0.4) is 0 Å². The first-order valence-corrected chi connectivity index (χ1v) is 12.3. The molecule has 8 nitrogen and oxygen atoms in total. The van der Waals surface area contributed by atoms with E-state index >= 15 is 0 Å². The number of hydrogen-bond donors (Lipinski definition) is 0. The Morgan fingerprint density at radius 1 is 0.794 bits per heavy atom. The number of unbranched alkanes of at least 4 members (excludes halogenated alkanes) is 1. The molecule has 0 aromatic heterocycles. The van der Waals surface area contributed by atoms with Gasteiger partial charge in [0.15, 0.2) is 23.3 Å². The second kappa shape index (κ2) is 13.0. The molecule has 34 heavy (non-hydrogen) atoms. The van der Waals surface area contributed by atoms with Crippen molar-refractivity contribution < 1.29 is 54.5 Å². The van der Waals surface area contributed by atoms with E-state index in [1.807, 2.05) is 0 Å². The Balaban J connectivity index is 2.93. The van der Waals surface area contributed by atoms with Crippen LogP contribution in [-0.4, -0.2) is 44.3 Å². The van der Waals surface area contributed by atoms with Crippen molar-refractivity contribution in [1.29, 1.82) is 0 Å². The van der Waals surface area contributed by atoms with Crippen molar-refractivity contribution in [1.82, 2.24) is 5.12 Å². The van der Waals surface area contributed by atoms with Crippen LogP contribution in [0.15, 0.2) is 6.07 Å². The number of carbonyl (C=O) groups is 4. The highest BCUT2D eigenvalue weighted by atomic mass is 28.4. The lowest BCUT2D eigenvalue weighted by Crippen LogP contribution is -2.50. The summed E-state index contributed by atoms with van der Waals surface area (Å²) in [5.41, 5.74) is -1.35. The third kappa shape index (κ3) is 7.78. The summed E-state index contributed by atoms with van der Waals surface area (Å²) in [5.74, 6) is -12.5. The van der Waals surface area contributed by atoms with Gasteiger partial charge in [-0.2, -0.15) is 5.12 Å². The summed E-state index contributed by atoms with van der Waals surface area (Å²) in [6.45, 7) is 3.64. The molecular formula is C20H24F5NO7Si. The van der Waals surface area contributed by atoms with E-state index in [4.69, 9.17) is 13.3 Å². The Kier molecular flexibility index (Phi) is 11.1. The van der Waals surface area contributed by atoms with E-state index in [2.05, 4.69) is 0 Å². The fourth-order valence-electron chi connectivity index (χ4n) is 2.51. The van der Waals surface area contributed by atoms with E-state index < -0.39 is 73.1 Å². The summed E-state index contributed by atoms with van der Waals surface area (Å²) in [6, 6.07) is -0.272. The van der Waals surface area contributed by atoms with Crippen molar-refractivity contribution in [3.63, 3.8) is 0 Å². The monoisotopic (exact) mass is 513 g/mol. The number of amides is 1. The van der Waals surface area contributed by atoms with Crippen molar-refractivity contribution in [3.05, 3.63) is 34.9 Å². The minimum atomic E-state index is -4.22. The number of hydrogen-bond acceptors (Lipinski definition) is 7. The summed E-state index contributed by atoms with van der Waals surface area (Å²) in [7, 11) is -4.22. The van der Waals surface area contributed by atoms with Gasteiger partial charge in [0, 0.05) is 19.3 Å². The zero-order valence-corrected chi connectivity index (χ0v) is 19.7. The Morgan fingerprint density at radius 3 is 1.71 bits per heavy atom. The Hall–Kier alpha value is -3.03. The average molecular weight is 513 g/mol. The molecule has 0 spiro atoms. The lowest BCUT2D eigenvalue weighted by Gasteiger charge is -2.27. The Morgan fingerprint density at radius 2 is 1.26 bits per heavy atom. The Labute approximate surface area is 193 Å². The number of nitrogens with zero attached hydrogens (tertiary/aromatic N) is 1. The topological polar surface area (TPSA) is 99.2 Å². The van der Waals surface area contributed by atoms with Crippen molar-refractivity contribution in [2.75, 3.05) is 6.54 Å². The van der Waals surface area contributed by atoms with E-state index in [0.717, 1.165) is 0 Å². The summed E-state index contributed by atoms with van der Waals surface area (Å²) >= 11 is 0. The summed E-state index contributed by atoms with van der Waals surface area (Å²) in [5, 5.41) is -0.549. The minimum absolute atomic E-state index is 0.0270. The molecule has 190 valence electrons. The maximum Gasteiger partial charge on any atom is 0.705 e. The first-order valence-electron chi connectivity index (χ1n) is 10.4. The Bertz CT molecular complexity index is 886. The number of carbonyl (C=O) groups excluding carboxylic acids is 4. The van der Waals surface area contributed by atoms with Gasteiger partial charge in [-0.1, -0.05) is 25.3 Å². The zero-order valence-electron chi connectivity index (χ0n) is 18.7. The summed E-state index contributed by atoms with van der Waals surface area (Å²) < 4.78 is 83.1. The maximum atomic E-state index is 14.2. The van der Waals surface area contributed by atoms with E-state index in [-0.39, 0.29) is 44.2 Å². The molecule has 1 aromatic carbocycles. The largest absolute Gasteiger partial charge is 0.705 e. The van der Waals surface area contributed by atoms with Gasteiger partial charge in [0.1, 0.15) is 0 Å². The predicted octanol–water partition coefficient (Wildman–Crippen LogP) is 4.15. The third-order valence-corrected chi connectivity index (χ3v) is 6.90. The van der Waals surface area contributed by atoms with Crippen LogP contribution in [0.25, 0.3) is 0 Å². The molecule has 0 radical (unpaired) electrons. The molecule has 0 aliphatic rings. The van der Waals surface area contributed by atoms with Crippen LogP contribution in [0.2, 0.25) is 6.04 Å². The highest BCUT2D eigenvalue weighted by Gasteiger charge is 2.52. The average Bonchev–Trinajstić information content (AvgIpc) is 2.81. The van der Waals surface area contributed by atoms with Crippen molar-refractivity contribution >= 4 is 32.6 Å². The van der Waals surface area contributed by atoms with Gasteiger partial charge in [-0.25, -0.2) is 17.6 Å². The number of halogens is 5. The van der Waals surface area contributed by atoms with Crippen LogP contribution in [-0.2, 0) is 27.7 Å². The fraction of sp³-hybridized carbons (Fsp3) is 0.500. The second-order valence-corrected chi connectivity index (χ2v) is 9.34. The van der Waals surface area contributed by atoms with Gasteiger partial charge < -0.3 is 13.3 Å². The van der Waals surface area contributed by atoms with Crippen molar-refractivity contribution in [3.8, 4) is 0 Å². The molecule has 0 atom stereocenters. The van der Waals surface area contributed by atoms with Gasteiger partial charge in [-0.15, -0.1) is 0 Å². The molecule has 0 aliphatic carbocycles. The molecule has 0 heterocycles. The van der Waals surface area contributed by atoms with Gasteiger partial charge in [-0.05, 0) is 18.9 Å². The molecule has 1 rings (SSSR count). The molecule has 0 fully saturated rings. The second-order valence-electron chi connectivity index (χ2n) is 6.86.